The summed E-state index contributed by atoms with van der Waals surface area (Å²) in [6.07, 6.45) is 0.313. The number of hydrogen-bond acceptors (Lipinski definition) is 2. The summed E-state index contributed by atoms with van der Waals surface area (Å²) in [5.41, 5.74) is 1.64. The van der Waals surface area contributed by atoms with Crippen LogP contribution in [0.1, 0.15) is 23.6 Å². The third-order valence-electron chi connectivity index (χ3n) is 3.03. The maximum absolute atomic E-state index is 13.1. The molecule has 0 fully saturated rings. The molecule has 4 heteroatoms. The van der Waals surface area contributed by atoms with E-state index < -0.39 is 11.6 Å². The predicted octanol–water partition coefficient (Wildman–Crippen LogP) is 3.71. The summed E-state index contributed by atoms with van der Waals surface area (Å²) >= 11 is 0. The third-order valence-corrected chi connectivity index (χ3v) is 3.03. The highest BCUT2D eigenvalue weighted by atomic mass is 19.2. The number of hydrogen-bond donors (Lipinski definition) is 1. The molecule has 0 aliphatic carbocycles. The van der Waals surface area contributed by atoms with Crippen LogP contribution in [0.15, 0.2) is 48.5 Å². The second kappa shape index (κ2) is 6.78. The van der Waals surface area contributed by atoms with E-state index in [0.29, 0.717) is 18.5 Å². The molecule has 20 heavy (non-hydrogen) atoms. The van der Waals surface area contributed by atoms with Crippen molar-refractivity contribution in [1.29, 1.82) is 5.26 Å². The third kappa shape index (κ3) is 3.62. The van der Waals surface area contributed by atoms with Gasteiger partial charge in [-0.3, -0.25) is 0 Å². The van der Waals surface area contributed by atoms with Crippen molar-refractivity contribution < 1.29 is 8.78 Å². The molecule has 0 spiro atoms. The molecule has 0 aliphatic heterocycles. The van der Waals surface area contributed by atoms with Crippen LogP contribution in [-0.4, -0.2) is 0 Å². The number of rotatable bonds is 5. The highest BCUT2D eigenvalue weighted by Crippen LogP contribution is 2.17. The van der Waals surface area contributed by atoms with Crippen LogP contribution in [0.2, 0.25) is 0 Å². The molecule has 0 bridgehead atoms. The van der Waals surface area contributed by atoms with Gasteiger partial charge in [0.1, 0.15) is 0 Å². The zero-order chi connectivity index (χ0) is 14.4. The molecule has 0 heterocycles. The maximum Gasteiger partial charge on any atom is 0.159 e. The van der Waals surface area contributed by atoms with E-state index in [1.165, 1.54) is 6.07 Å². The average molecular weight is 272 g/mol. The van der Waals surface area contributed by atoms with Gasteiger partial charge in [0.2, 0.25) is 0 Å². The van der Waals surface area contributed by atoms with E-state index in [0.717, 1.165) is 17.7 Å². The second-order valence-electron chi connectivity index (χ2n) is 4.45. The molecule has 1 atom stereocenters. The van der Waals surface area contributed by atoms with Crippen molar-refractivity contribution in [3.8, 4) is 6.07 Å². The van der Waals surface area contributed by atoms with E-state index in [9.17, 15) is 8.78 Å². The fourth-order valence-electron chi connectivity index (χ4n) is 1.98. The van der Waals surface area contributed by atoms with Crippen LogP contribution in [0.3, 0.4) is 0 Å². The first-order chi connectivity index (χ1) is 9.70. The standard InChI is InChI=1S/C16H14F2N2/c17-14-7-6-12(10-15(14)18)11-20-16(8-9-19)13-4-2-1-3-5-13/h1-7,10,16,20H,8,11H2. The molecule has 0 amide bonds. The van der Waals surface area contributed by atoms with Gasteiger partial charge in [-0.15, -0.1) is 0 Å². The molecular weight excluding hydrogens is 258 g/mol. The summed E-state index contributed by atoms with van der Waals surface area (Å²) in [6, 6.07) is 15.4. The molecule has 1 N–H and O–H groups in total. The van der Waals surface area contributed by atoms with Crippen LogP contribution in [0.25, 0.3) is 0 Å². The molecule has 2 aromatic rings. The van der Waals surface area contributed by atoms with Crippen LogP contribution < -0.4 is 5.32 Å². The minimum Gasteiger partial charge on any atom is -0.305 e. The van der Waals surface area contributed by atoms with Gasteiger partial charge < -0.3 is 5.32 Å². The molecule has 1 unspecified atom stereocenters. The predicted molar refractivity (Wildman–Crippen MR) is 72.6 cm³/mol. The van der Waals surface area contributed by atoms with Crippen LogP contribution in [-0.2, 0) is 6.54 Å². The molecule has 2 nitrogen and oxygen atoms in total. The lowest BCUT2D eigenvalue weighted by Crippen LogP contribution is -2.20. The summed E-state index contributed by atoms with van der Waals surface area (Å²) in [5.74, 6) is -1.72. The number of nitrogens with one attached hydrogen (secondary N) is 1. The number of halogens is 2. The van der Waals surface area contributed by atoms with Gasteiger partial charge in [0.25, 0.3) is 0 Å². The van der Waals surface area contributed by atoms with E-state index >= 15 is 0 Å². The Morgan fingerprint density at radius 1 is 1.05 bits per heavy atom. The molecule has 0 saturated carbocycles. The molecule has 0 aliphatic rings. The van der Waals surface area contributed by atoms with Gasteiger partial charge in [-0.1, -0.05) is 36.4 Å². The number of nitrogens with zero attached hydrogens (tertiary/aromatic N) is 1. The lowest BCUT2D eigenvalue weighted by atomic mass is 10.0. The van der Waals surface area contributed by atoms with E-state index in [1.807, 2.05) is 30.3 Å². The quantitative estimate of drug-likeness (QED) is 0.900. The van der Waals surface area contributed by atoms with Crippen molar-refractivity contribution in [3.63, 3.8) is 0 Å². The summed E-state index contributed by atoms with van der Waals surface area (Å²) < 4.78 is 26.0. The van der Waals surface area contributed by atoms with Gasteiger partial charge in [-0.05, 0) is 23.3 Å². The van der Waals surface area contributed by atoms with E-state index in [2.05, 4.69) is 11.4 Å². The number of nitriles is 1. The number of benzene rings is 2. The Labute approximate surface area is 116 Å². The molecule has 2 rings (SSSR count). The first-order valence-electron chi connectivity index (χ1n) is 6.30. The van der Waals surface area contributed by atoms with E-state index in [-0.39, 0.29) is 6.04 Å². The Kier molecular flexibility index (Phi) is 4.80. The van der Waals surface area contributed by atoms with Crippen LogP contribution in [0.4, 0.5) is 8.78 Å². The van der Waals surface area contributed by atoms with Crippen molar-refractivity contribution in [3.05, 3.63) is 71.3 Å². The van der Waals surface area contributed by atoms with Gasteiger partial charge >= 0.3 is 0 Å². The topological polar surface area (TPSA) is 35.8 Å². The van der Waals surface area contributed by atoms with Gasteiger partial charge in [-0.25, -0.2) is 8.78 Å². The smallest absolute Gasteiger partial charge is 0.159 e. The van der Waals surface area contributed by atoms with Gasteiger partial charge in [0, 0.05) is 12.6 Å². The van der Waals surface area contributed by atoms with Crippen molar-refractivity contribution in [2.75, 3.05) is 0 Å². The molecule has 2 aromatic carbocycles. The lowest BCUT2D eigenvalue weighted by Gasteiger charge is -2.16. The van der Waals surface area contributed by atoms with Crippen LogP contribution in [0.5, 0.6) is 0 Å². The zero-order valence-corrected chi connectivity index (χ0v) is 10.8. The molecule has 102 valence electrons. The van der Waals surface area contributed by atoms with E-state index in [4.69, 9.17) is 5.26 Å². The fraction of sp³-hybridized carbons (Fsp3) is 0.188. The summed E-state index contributed by atoms with van der Waals surface area (Å²) in [4.78, 5) is 0. The normalized spacial score (nSPS) is 11.8. The fourth-order valence-corrected chi connectivity index (χ4v) is 1.98. The van der Waals surface area contributed by atoms with Crippen molar-refractivity contribution in [2.24, 2.45) is 0 Å². The minimum atomic E-state index is -0.860. The van der Waals surface area contributed by atoms with E-state index in [1.54, 1.807) is 0 Å². The molecule has 0 radical (unpaired) electrons. The minimum absolute atomic E-state index is 0.130. The zero-order valence-electron chi connectivity index (χ0n) is 10.8. The van der Waals surface area contributed by atoms with Gasteiger partial charge in [-0.2, -0.15) is 5.26 Å². The highest BCUT2D eigenvalue weighted by Gasteiger charge is 2.10. The molecule has 0 aromatic heterocycles. The van der Waals surface area contributed by atoms with Gasteiger partial charge in [0.05, 0.1) is 12.5 Å². The monoisotopic (exact) mass is 272 g/mol. The Balaban J connectivity index is 2.06. The van der Waals surface area contributed by atoms with Crippen LogP contribution in [0, 0.1) is 23.0 Å². The Bertz CT molecular complexity index is 606. The van der Waals surface area contributed by atoms with Gasteiger partial charge in [0.15, 0.2) is 11.6 Å². The maximum atomic E-state index is 13.1. The first-order valence-corrected chi connectivity index (χ1v) is 6.30. The molecule has 0 saturated heterocycles. The Morgan fingerprint density at radius 2 is 1.80 bits per heavy atom. The summed E-state index contributed by atoms with van der Waals surface area (Å²) in [6.45, 7) is 0.373. The summed E-state index contributed by atoms with van der Waals surface area (Å²) in [7, 11) is 0. The van der Waals surface area contributed by atoms with Crippen molar-refractivity contribution >= 4 is 0 Å². The summed E-state index contributed by atoms with van der Waals surface area (Å²) in [5, 5.41) is 12.1. The first kappa shape index (κ1) is 14.2. The average Bonchev–Trinajstić information content (AvgIpc) is 2.48. The van der Waals surface area contributed by atoms with Crippen LogP contribution >= 0.6 is 0 Å². The van der Waals surface area contributed by atoms with Crippen molar-refractivity contribution in [1.82, 2.24) is 5.32 Å². The highest BCUT2D eigenvalue weighted by molar-refractivity contribution is 5.21. The molecular formula is C16H14F2N2. The Morgan fingerprint density at radius 3 is 2.45 bits per heavy atom. The van der Waals surface area contributed by atoms with Crippen molar-refractivity contribution in [2.45, 2.75) is 19.0 Å². The largest absolute Gasteiger partial charge is 0.305 e. The lowest BCUT2D eigenvalue weighted by molar-refractivity contribution is 0.501. The second-order valence-corrected chi connectivity index (χ2v) is 4.45. The Hall–Kier alpha value is -2.25. The SMILES string of the molecule is N#CCC(NCc1ccc(F)c(F)c1)c1ccccc1.